The zero-order chi connectivity index (χ0) is 13.8. The molecule has 1 aliphatic rings. The van der Waals surface area contributed by atoms with Crippen molar-refractivity contribution in [2.45, 2.75) is 12.6 Å². The number of carbonyl (C=O) groups excluding carboxylic acids is 1. The Bertz CT molecular complexity index is 467. The maximum Gasteiger partial charge on any atom is 0.244 e. The van der Waals surface area contributed by atoms with Gasteiger partial charge in [-0.2, -0.15) is 0 Å². The van der Waals surface area contributed by atoms with Crippen LogP contribution in [0.25, 0.3) is 0 Å². The molecule has 2 rings (SSSR count). The summed E-state index contributed by atoms with van der Waals surface area (Å²) in [5.74, 6) is -0.646. The van der Waals surface area contributed by atoms with E-state index in [9.17, 15) is 9.18 Å². The highest BCUT2D eigenvalue weighted by molar-refractivity contribution is 5.85. The van der Waals surface area contributed by atoms with Gasteiger partial charge in [0.25, 0.3) is 0 Å². The standard InChI is InChI=1S/C13H17FN2O3/c1-15-13(18)12-8-19-5-4-16(12)11-3-2-9(7-17)6-10(11)14/h2-3,6,12,17H,4-5,7-8H2,1H3,(H,15,18). The number of halogens is 1. The van der Waals surface area contributed by atoms with Gasteiger partial charge in [0.05, 0.1) is 25.5 Å². The lowest BCUT2D eigenvalue weighted by molar-refractivity contribution is -0.124. The number of benzene rings is 1. The first-order valence-electron chi connectivity index (χ1n) is 6.12. The number of hydrogen-bond acceptors (Lipinski definition) is 4. The third-order valence-corrected chi connectivity index (χ3v) is 3.18. The summed E-state index contributed by atoms with van der Waals surface area (Å²) in [7, 11) is 1.54. The van der Waals surface area contributed by atoms with Gasteiger partial charge in [-0.3, -0.25) is 4.79 Å². The quantitative estimate of drug-likeness (QED) is 0.826. The SMILES string of the molecule is CNC(=O)C1COCCN1c1ccc(CO)cc1F. The number of aliphatic hydroxyl groups excluding tert-OH is 1. The van der Waals surface area contributed by atoms with E-state index in [1.165, 1.54) is 6.07 Å². The van der Waals surface area contributed by atoms with Crippen molar-refractivity contribution in [2.24, 2.45) is 0 Å². The van der Waals surface area contributed by atoms with Crippen molar-refractivity contribution in [3.8, 4) is 0 Å². The predicted molar refractivity (Wildman–Crippen MR) is 68.3 cm³/mol. The van der Waals surface area contributed by atoms with E-state index in [-0.39, 0.29) is 19.1 Å². The predicted octanol–water partition coefficient (Wildman–Crippen LogP) is 0.269. The molecule has 6 heteroatoms. The number of amides is 1. The molecular weight excluding hydrogens is 251 g/mol. The van der Waals surface area contributed by atoms with Crippen molar-refractivity contribution < 1.29 is 19.0 Å². The summed E-state index contributed by atoms with van der Waals surface area (Å²) in [5, 5.41) is 11.5. The van der Waals surface area contributed by atoms with Gasteiger partial charge in [0.15, 0.2) is 0 Å². The van der Waals surface area contributed by atoms with Crippen molar-refractivity contribution in [3.63, 3.8) is 0 Å². The molecule has 1 unspecified atom stereocenters. The number of morpholine rings is 1. The topological polar surface area (TPSA) is 61.8 Å². The summed E-state index contributed by atoms with van der Waals surface area (Å²) in [4.78, 5) is 13.5. The minimum Gasteiger partial charge on any atom is -0.392 e. The van der Waals surface area contributed by atoms with E-state index in [1.54, 1.807) is 24.1 Å². The lowest BCUT2D eigenvalue weighted by Gasteiger charge is -2.36. The van der Waals surface area contributed by atoms with E-state index in [0.29, 0.717) is 24.4 Å². The second-order valence-corrected chi connectivity index (χ2v) is 4.34. The van der Waals surface area contributed by atoms with Gasteiger partial charge in [0, 0.05) is 13.6 Å². The third kappa shape index (κ3) is 2.85. The number of rotatable bonds is 3. The number of nitrogens with one attached hydrogen (secondary N) is 1. The van der Waals surface area contributed by atoms with Gasteiger partial charge in [0.2, 0.25) is 5.91 Å². The Morgan fingerprint density at radius 1 is 1.63 bits per heavy atom. The van der Waals surface area contributed by atoms with Crippen LogP contribution in [0.3, 0.4) is 0 Å². The average Bonchev–Trinajstić information content (AvgIpc) is 2.46. The highest BCUT2D eigenvalue weighted by atomic mass is 19.1. The molecular formula is C13H17FN2O3. The van der Waals surface area contributed by atoms with Gasteiger partial charge < -0.3 is 20.1 Å². The van der Waals surface area contributed by atoms with E-state index < -0.39 is 11.9 Å². The lowest BCUT2D eigenvalue weighted by atomic mass is 10.1. The van der Waals surface area contributed by atoms with Gasteiger partial charge in [-0.1, -0.05) is 6.07 Å². The van der Waals surface area contributed by atoms with Gasteiger partial charge >= 0.3 is 0 Å². The van der Waals surface area contributed by atoms with Crippen LogP contribution in [0.4, 0.5) is 10.1 Å². The molecule has 0 saturated carbocycles. The first-order valence-corrected chi connectivity index (χ1v) is 6.12. The van der Waals surface area contributed by atoms with Crippen LogP contribution in [0, 0.1) is 5.82 Å². The molecule has 1 aromatic rings. The summed E-state index contributed by atoms with van der Waals surface area (Å²) < 4.78 is 19.3. The van der Waals surface area contributed by atoms with Crippen LogP contribution in [0.15, 0.2) is 18.2 Å². The number of carbonyl (C=O) groups is 1. The van der Waals surface area contributed by atoms with Gasteiger partial charge in [-0.25, -0.2) is 4.39 Å². The zero-order valence-corrected chi connectivity index (χ0v) is 10.7. The van der Waals surface area contributed by atoms with Crippen LogP contribution >= 0.6 is 0 Å². The highest BCUT2D eigenvalue weighted by Gasteiger charge is 2.30. The number of hydrogen-bond donors (Lipinski definition) is 2. The number of ether oxygens (including phenoxy) is 1. The first-order chi connectivity index (χ1) is 9.17. The number of aliphatic hydroxyl groups is 1. The van der Waals surface area contributed by atoms with Gasteiger partial charge in [-0.15, -0.1) is 0 Å². The molecule has 2 N–H and O–H groups in total. The summed E-state index contributed by atoms with van der Waals surface area (Å²) in [5.41, 5.74) is 0.861. The van der Waals surface area contributed by atoms with E-state index in [0.717, 1.165) is 0 Å². The van der Waals surface area contributed by atoms with Crippen LogP contribution in [0.1, 0.15) is 5.56 Å². The fraction of sp³-hybridized carbons (Fsp3) is 0.462. The Balaban J connectivity index is 2.29. The Labute approximate surface area is 111 Å². The van der Waals surface area contributed by atoms with Crippen molar-refractivity contribution in [1.82, 2.24) is 5.32 Å². The molecule has 0 aliphatic carbocycles. The van der Waals surface area contributed by atoms with E-state index in [2.05, 4.69) is 5.32 Å². The summed E-state index contributed by atoms with van der Waals surface area (Å²) in [6, 6.07) is 3.98. The third-order valence-electron chi connectivity index (χ3n) is 3.18. The van der Waals surface area contributed by atoms with Crippen LogP contribution < -0.4 is 10.2 Å². The van der Waals surface area contributed by atoms with Crippen LogP contribution in [0.5, 0.6) is 0 Å². The maximum atomic E-state index is 14.0. The fourth-order valence-electron chi connectivity index (χ4n) is 2.16. The van der Waals surface area contributed by atoms with Crippen molar-refractivity contribution in [3.05, 3.63) is 29.6 Å². The summed E-state index contributed by atoms with van der Waals surface area (Å²) in [6.07, 6.45) is 0. The Kier molecular flexibility index (Phi) is 4.34. The largest absolute Gasteiger partial charge is 0.392 e. The van der Waals surface area contributed by atoms with E-state index in [4.69, 9.17) is 9.84 Å². The molecule has 1 atom stereocenters. The smallest absolute Gasteiger partial charge is 0.244 e. The molecule has 1 aliphatic heterocycles. The second-order valence-electron chi connectivity index (χ2n) is 4.34. The molecule has 1 saturated heterocycles. The number of nitrogens with zero attached hydrogens (tertiary/aromatic N) is 1. The highest BCUT2D eigenvalue weighted by Crippen LogP contribution is 2.24. The minimum absolute atomic E-state index is 0.203. The maximum absolute atomic E-state index is 14.0. The monoisotopic (exact) mass is 268 g/mol. The Hall–Kier alpha value is -1.66. The van der Waals surface area contributed by atoms with Crippen LogP contribution in [-0.4, -0.2) is 43.9 Å². The van der Waals surface area contributed by atoms with Crippen molar-refractivity contribution in [1.29, 1.82) is 0 Å². The molecule has 5 nitrogen and oxygen atoms in total. The normalized spacial score (nSPS) is 19.3. The molecule has 0 bridgehead atoms. The molecule has 1 amide bonds. The van der Waals surface area contributed by atoms with Crippen LogP contribution in [0.2, 0.25) is 0 Å². The van der Waals surface area contributed by atoms with Crippen LogP contribution in [-0.2, 0) is 16.1 Å². The average molecular weight is 268 g/mol. The minimum atomic E-state index is -0.534. The molecule has 19 heavy (non-hydrogen) atoms. The zero-order valence-electron chi connectivity index (χ0n) is 10.7. The molecule has 0 aromatic heterocycles. The summed E-state index contributed by atoms with van der Waals surface area (Å²) in [6.45, 7) is 0.933. The van der Waals surface area contributed by atoms with Gasteiger partial charge in [-0.05, 0) is 17.7 Å². The van der Waals surface area contributed by atoms with E-state index >= 15 is 0 Å². The first kappa shape index (κ1) is 13.8. The second kappa shape index (κ2) is 5.99. The molecule has 1 aromatic carbocycles. The van der Waals surface area contributed by atoms with Crippen molar-refractivity contribution >= 4 is 11.6 Å². The van der Waals surface area contributed by atoms with Crippen molar-refractivity contribution in [2.75, 3.05) is 31.7 Å². The molecule has 0 spiro atoms. The molecule has 104 valence electrons. The fourth-order valence-corrected chi connectivity index (χ4v) is 2.16. The molecule has 1 fully saturated rings. The van der Waals surface area contributed by atoms with E-state index in [1.807, 2.05) is 0 Å². The number of anilines is 1. The Morgan fingerprint density at radius 2 is 2.42 bits per heavy atom. The molecule has 1 heterocycles. The number of likely N-dealkylation sites (N-methyl/N-ethyl adjacent to an activating group) is 1. The molecule has 0 radical (unpaired) electrons. The summed E-state index contributed by atoms with van der Waals surface area (Å²) >= 11 is 0. The Morgan fingerprint density at radius 3 is 3.05 bits per heavy atom. The van der Waals surface area contributed by atoms with Gasteiger partial charge in [0.1, 0.15) is 11.9 Å². The lowest BCUT2D eigenvalue weighted by Crippen LogP contribution is -2.53.